The number of hydrogen-bond donors (Lipinski definition) is 1. The molecule has 2 aromatic carbocycles. The van der Waals surface area contributed by atoms with Crippen LogP contribution in [0.2, 0.25) is 0 Å². The number of nitrogens with zero attached hydrogens (tertiary/aromatic N) is 6. The van der Waals surface area contributed by atoms with Gasteiger partial charge in [-0.2, -0.15) is 5.10 Å². The molecule has 0 spiro atoms. The minimum Gasteiger partial charge on any atom is -0.297 e. The number of rotatable bonds is 9. The number of benzene rings is 2. The van der Waals surface area contributed by atoms with Gasteiger partial charge in [0.25, 0.3) is 0 Å². The first-order valence-corrected chi connectivity index (χ1v) is 11.7. The molecule has 0 aliphatic heterocycles. The molecule has 0 aliphatic rings. The van der Waals surface area contributed by atoms with E-state index in [1.165, 1.54) is 12.1 Å². The van der Waals surface area contributed by atoms with Gasteiger partial charge in [-0.25, -0.2) is 23.2 Å². The first-order chi connectivity index (χ1) is 15.4. The molecule has 4 rings (SSSR count). The fourth-order valence-electron chi connectivity index (χ4n) is 3.36. The molecular weight excluding hydrogens is 426 g/mol. The van der Waals surface area contributed by atoms with Crippen LogP contribution in [0.15, 0.2) is 78.0 Å². The van der Waals surface area contributed by atoms with E-state index < -0.39 is 10.0 Å². The third kappa shape index (κ3) is 5.47. The maximum atomic E-state index is 11.6. The average Bonchev–Trinajstić information content (AvgIpc) is 3.43. The van der Waals surface area contributed by atoms with E-state index in [4.69, 9.17) is 15.2 Å². The van der Waals surface area contributed by atoms with E-state index in [0.29, 0.717) is 18.8 Å². The smallest absolute Gasteiger partial charge is 0.238 e. The lowest BCUT2D eigenvalue weighted by Gasteiger charge is -2.14. The molecule has 32 heavy (non-hydrogen) atoms. The molecule has 2 N–H and O–H groups in total. The Balaban J connectivity index is 1.58. The van der Waals surface area contributed by atoms with Crippen molar-refractivity contribution in [3.05, 3.63) is 90.3 Å². The van der Waals surface area contributed by atoms with Crippen LogP contribution in [0.3, 0.4) is 0 Å². The second-order valence-electron chi connectivity index (χ2n) is 7.56. The lowest BCUT2D eigenvalue weighted by atomic mass is 10.1. The van der Waals surface area contributed by atoms with Gasteiger partial charge in [-0.1, -0.05) is 30.3 Å². The normalized spacial score (nSPS) is 11.8. The molecular formula is C22H25N7O2S. The Morgan fingerprint density at radius 3 is 2.44 bits per heavy atom. The molecule has 9 nitrogen and oxygen atoms in total. The van der Waals surface area contributed by atoms with E-state index in [1.807, 2.05) is 54.3 Å². The number of primary sulfonamides is 1. The van der Waals surface area contributed by atoms with Crippen LogP contribution >= 0.6 is 0 Å². The van der Waals surface area contributed by atoms with Gasteiger partial charge in [0, 0.05) is 25.4 Å². The van der Waals surface area contributed by atoms with Gasteiger partial charge in [0.2, 0.25) is 10.0 Å². The van der Waals surface area contributed by atoms with Crippen LogP contribution in [0.1, 0.15) is 17.2 Å². The van der Waals surface area contributed by atoms with Crippen molar-refractivity contribution < 1.29 is 8.42 Å². The van der Waals surface area contributed by atoms with E-state index in [9.17, 15) is 8.42 Å². The summed E-state index contributed by atoms with van der Waals surface area (Å²) in [6.45, 7) is 2.15. The van der Waals surface area contributed by atoms with E-state index >= 15 is 0 Å². The van der Waals surface area contributed by atoms with Crippen LogP contribution in [0, 0.1) is 0 Å². The van der Waals surface area contributed by atoms with Crippen LogP contribution in [0.4, 0.5) is 0 Å². The first kappa shape index (κ1) is 21.9. The van der Waals surface area contributed by atoms with Crippen molar-refractivity contribution in [2.45, 2.75) is 24.4 Å². The van der Waals surface area contributed by atoms with E-state index in [0.717, 1.165) is 30.2 Å². The summed E-state index contributed by atoms with van der Waals surface area (Å²) >= 11 is 0. The van der Waals surface area contributed by atoms with Crippen molar-refractivity contribution in [3.8, 4) is 5.69 Å². The average molecular weight is 452 g/mol. The van der Waals surface area contributed by atoms with Gasteiger partial charge in [-0.3, -0.25) is 9.58 Å². The lowest BCUT2D eigenvalue weighted by Crippen LogP contribution is -2.23. The summed E-state index contributed by atoms with van der Waals surface area (Å²) in [7, 11) is -1.74. The summed E-state index contributed by atoms with van der Waals surface area (Å²) in [5, 5.41) is 14.2. The molecule has 2 aromatic heterocycles. The Bertz CT molecular complexity index is 1250. The summed E-state index contributed by atoms with van der Waals surface area (Å²) in [6, 6.07) is 18.3. The summed E-state index contributed by atoms with van der Waals surface area (Å²) in [4.78, 5) is 6.98. The van der Waals surface area contributed by atoms with E-state index in [-0.39, 0.29) is 4.90 Å². The quantitative estimate of drug-likeness (QED) is 0.416. The molecule has 2 heterocycles. The van der Waals surface area contributed by atoms with E-state index in [2.05, 4.69) is 10.00 Å². The highest BCUT2D eigenvalue weighted by Crippen LogP contribution is 2.17. The topological polar surface area (TPSA) is 112 Å². The molecule has 10 heteroatoms. The first-order valence-electron chi connectivity index (χ1n) is 10.2. The zero-order chi connectivity index (χ0) is 22.6. The molecule has 4 aromatic rings. The predicted octanol–water partition coefficient (Wildman–Crippen LogP) is 1.83. The van der Waals surface area contributed by atoms with Gasteiger partial charge in [0.15, 0.2) is 5.82 Å². The molecule has 0 unspecified atom stereocenters. The number of hydrogen-bond acceptors (Lipinski definition) is 6. The summed E-state index contributed by atoms with van der Waals surface area (Å²) in [6.07, 6.45) is 4.30. The molecule has 166 valence electrons. The number of sulfonamides is 1. The van der Waals surface area contributed by atoms with Crippen molar-refractivity contribution in [2.75, 3.05) is 13.6 Å². The van der Waals surface area contributed by atoms with Gasteiger partial charge < -0.3 is 0 Å². The molecule has 0 radical (unpaired) electrons. The van der Waals surface area contributed by atoms with Gasteiger partial charge in [-0.05, 0) is 42.9 Å². The van der Waals surface area contributed by atoms with Crippen LogP contribution in [-0.2, 0) is 29.5 Å². The van der Waals surface area contributed by atoms with Crippen LogP contribution < -0.4 is 5.14 Å². The second kappa shape index (κ2) is 9.43. The fourth-order valence-corrected chi connectivity index (χ4v) is 3.88. The Morgan fingerprint density at radius 1 is 1.03 bits per heavy atom. The summed E-state index contributed by atoms with van der Waals surface area (Å²) in [5.74, 6) is 1.46. The molecule has 0 saturated heterocycles. The zero-order valence-electron chi connectivity index (χ0n) is 17.7. The third-order valence-corrected chi connectivity index (χ3v) is 5.94. The molecule has 0 bridgehead atoms. The van der Waals surface area contributed by atoms with Crippen molar-refractivity contribution in [1.29, 1.82) is 0 Å². The summed E-state index contributed by atoms with van der Waals surface area (Å²) in [5.41, 5.74) is 1.84. The molecule has 0 aliphatic carbocycles. The Labute approximate surface area is 187 Å². The van der Waals surface area contributed by atoms with Crippen LogP contribution in [-0.4, -0.2) is 51.5 Å². The Hall–Kier alpha value is -3.34. The Kier molecular flexibility index (Phi) is 6.45. The highest BCUT2D eigenvalue weighted by atomic mass is 32.2. The third-order valence-electron chi connectivity index (χ3n) is 5.01. The van der Waals surface area contributed by atoms with Gasteiger partial charge in [-0.15, -0.1) is 5.10 Å². The van der Waals surface area contributed by atoms with Crippen molar-refractivity contribution in [1.82, 2.24) is 29.4 Å². The minimum atomic E-state index is -3.76. The second-order valence-corrected chi connectivity index (χ2v) is 9.13. The van der Waals surface area contributed by atoms with Crippen molar-refractivity contribution in [2.24, 2.45) is 5.14 Å². The SMILES string of the molecule is CN(CCn1cccn1)Cc1nc(Cc2ccccc2)n(-c2ccc(S(N)(=O)=O)cc2)n1. The van der Waals surface area contributed by atoms with E-state index in [1.54, 1.807) is 23.0 Å². The maximum absolute atomic E-state index is 11.6. The highest BCUT2D eigenvalue weighted by molar-refractivity contribution is 7.89. The standard InChI is InChI=1S/C22H25N7O2S/c1-27(14-15-28-13-5-12-24-28)17-21-25-22(16-18-6-3-2-4-7-18)29(26-21)19-8-10-20(11-9-19)32(23,30)31/h2-13H,14-17H2,1H3,(H2,23,30,31). The van der Waals surface area contributed by atoms with Gasteiger partial charge in [0.1, 0.15) is 5.82 Å². The maximum Gasteiger partial charge on any atom is 0.238 e. The van der Waals surface area contributed by atoms with Gasteiger partial charge >= 0.3 is 0 Å². The molecule has 0 amide bonds. The molecule has 0 fully saturated rings. The monoisotopic (exact) mass is 451 g/mol. The largest absolute Gasteiger partial charge is 0.297 e. The predicted molar refractivity (Wildman–Crippen MR) is 121 cm³/mol. The van der Waals surface area contributed by atoms with Crippen molar-refractivity contribution >= 4 is 10.0 Å². The van der Waals surface area contributed by atoms with Crippen LogP contribution in [0.5, 0.6) is 0 Å². The minimum absolute atomic E-state index is 0.0598. The fraction of sp³-hybridized carbons (Fsp3) is 0.227. The molecule has 0 saturated carbocycles. The number of aromatic nitrogens is 5. The number of nitrogens with two attached hydrogens (primary N) is 1. The number of likely N-dealkylation sites (N-methyl/N-ethyl adjacent to an activating group) is 1. The molecule has 0 atom stereocenters. The zero-order valence-corrected chi connectivity index (χ0v) is 18.6. The van der Waals surface area contributed by atoms with Gasteiger partial charge in [0.05, 0.1) is 23.7 Å². The highest BCUT2D eigenvalue weighted by Gasteiger charge is 2.15. The Morgan fingerprint density at radius 2 is 1.78 bits per heavy atom. The van der Waals surface area contributed by atoms with Crippen LogP contribution in [0.25, 0.3) is 5.69 Å². The van der Waals surface area contributed by atoms with Crippen molar-refractivity contribution in [3.63, 3.8) is 0 Å². The summed E-state index contributed by atoms with van der Waals surface area (Å²) < 4.78 is 26.8. The lowest BCUT2D eigenvalue weighted by molar-refractivity contribution is 0.298.